The molecule has 1 atom stereocenters. The van der Waals surface area contributed by atoms with Gasteiger partial charge in [-0.2, -0.15) is 0 Å². The number of rotatable bonds is 8. The Hall–Kier alpha value is -2.31. The molecule has 27 heavy (non-hydrogen) atoms. The van der Waals surface area contributed by atoms with Crippen LogP contribution in [0.15, 0.2) is 59.5 Å². The molecule has 144 valence electrons. The maximum Gasteiger partial charge on any atom is 0.238 e. The SMILES string of the molecule is CSc1ccccc1NC(=O)CN(C)CC(=O)N(C)[C@@H](C)c1ccccc1. The van der Waals surface area contributed by atoms with E-state index >= 15 is 0 Å². The third-order valence-corrected chi connectivity index (χ3v) is 5.25. The number of amides is 2. The largest absolute Gasteiger partial charge is 0.338 e. The number of nitrogens with one attached hydrogen (secondary N) is 1. The van der Waals surface area contributed by atoms with Crippen LogP contribution in [-0.4, -0.2) is 55.1 Å². The molecule has 6 heteroatoms. The van der Waals surface area contributed by atoms with Crippen molar-refractivity contribution in [1.29, 1.82) is 0 Å². The van der Waals surface area contributed by atoms with Crippen LogP contribution in [0.3, 0.4) is 0 Å². The summed E-state index contributed by atoms with van der Waals surface area (Å²) in [7, 11) is 3.57. The Morgan fingerprint density at radius 2 is 1.63 bits per heavy atom. The first kappa shape index (κ1) is 21.0. The van der Waals surface area contributed by atoms with Crippen LogP contribution in [0.4, 0.5) is 5.69 Å². The number of anilines is 1. The van der Waals surface area contributed by atoms with E-state index < -0.39 is 0 Å². The molecule has 0 aliphatic rings. The molecule has 0 aliphatic heterocycles. The van der Waals surface area contributed by atoms with Crippen LogP contribution in [-0.2, 0) is 9.59 Å². The van der Waals surface area contributed by atoms with Crippen molar-refractivity contribution in [3.8, 4) is 0 Å². The van der Waals surface area contributed by atoms with Gasteiger partial charge in [-0.05, 0) is 37.9 Å². The first-order valence-corrected chi connectivity index (χ1v) is 10.1. The molecule has 0 aliphatic carbocycles. The van der Waals surface area contributed by atoms with Crippen LogP contribution in [0, 0.1) is 0 Å². The molecule has 0 saturated heterocycles. The summed E-state index contributed by atoms with van der Waals surface area (Å²) >= 11 is 1.58. The van der Waals surface area contributed by atoms with E-state index in [4.69, 9.17) is 0 Å². The fraction of sp³-hybridized carbons (Fsp3) is 0.333. The van der Waals surface area contributed by atoms with Gasteiger partial charge in [0.05, 0.1) is 24.8 Å². The second kappa shape index (κ2) is 10.1. The summed E-state index contributed by atoms with van der Waals surface area (Å²) in [6, 6.07) is 17.6. The van der Waals surface area contributed by atoms with E-state index in [1.54, 1.807) is 35.7 Å². The average Bonchev–Trinajstić information content (AvgIpc) is 2.67. The van der Waals surface area contributed by atoms with Crippen LogP contribution >= 0.6 is 11.8 Å². The highest BCUT2D eigenvalue weighted by Crippen LogP contribution is 2.24. The number of benzene rings is 2. The van der Waals surface area contributed by atoms with Crippen molar-refractivity contribution in [2.45, 2.75) is 17.9 Å². The molecule has 2 rings (SSSR count). The molecule has 0 aromatic heterocycles. The van der Waals surface area contributed by atoms with Gasteiger partial charge < -0.3 is 10.2 Å². The second-order valence-corrected chi connectivity index (χ2v) is 7.36. The molecule has 0 heterocycles. The summed E-state index contributed by atoms with van der Waals surface area (Å²) in [5.74, 6) is -0.156. The van der Waals surface area contributed by atoms with Crippen molar-refractivity contribution < 1.29 is 9.59 Å². The van der Waals surface area contributed by atoms with E-state index in [-0.39, 0.29) is 30.9 Å². The molecule has 0 fully saturated rings. The summed E-state index contributed by atoms with van der Waals surface area (Å²) in [5.41, 5.74) is 1.88. The molecular formula is C21H27N3O2S. The van der Waals surface area contributed by atoms with Crippen LogP contribution < -0.4 is 5.32 Å². The first-order chi connectivity index (χ1) is 12.9. The molecule has 0 saturated carbocycles. The second-order valence-electron chi connectivity index (χ2n) is 6.51. The minimum absolute atomic E-state index is 0.0191. The molecule has 1 N–H and O–H groups in total. The first-order valence-electron chi connectivity index (χ1n) is 8.84. The number of hydrogen-bond acceptors (Lipinski definition) is 4. The number of likely N-dealkylation sites (N-methyl/N-ethyl adjacent to an activating group) is 2. The summed E-state index contributed by atoms with van der Waals surface area (Å²) in [6.45, 7) is 2.34. The van der Waals surface area contributed by atoms with E-state index in [2.05, 4.69) is 5.32 Å². The molecule has 2 aromatic rings. The van der Waals surface area contributed by atoms with Gasteiger partial charge in [0.1, 0.15) is 0 Å². The van der Waals surface area contributed by atoms with Gasteiger partial charge >= 0.3 is 0 Å². The Morgan fingerprint density at radius 3 is 2.30 bits per heavy atom. The summed E-state index contributed by atoms with van der Waals surface area (Å²) in [5, 5.41) is 2.92. The lowest BCUT2D eigenvalue weighted by Gasteiger charge is -2.27. The Morgan fingerprint density at radius 1 is 1.00 bits per heavy atom. The molecule has 0 unspecified atom stereocenters. The zero-order valence-corrected chi connectivity index (χ0v) is 17.1. The highest BCUT2D eigenvalue weighted by molar-refractivity contribution is 7.98. The Bertz CT molecular complexity index is 767. The molecule has 0 bridgehead atoms. The van der Waals surface area contributed by atoms with Crippen molar-refractivity contribution >= 4 is 29.3 Å². The molecule has 2 amide bonds. The van der Waals surface area contributed by atoms with Gasteiger partial charge in [-0.25, -0.2) is 0 Å². The Kier molecular flexibility index (Phi) is 7.88. The van der Waals surface area contributed by atoms with Crippen LogP contribution in [0.2, 0.25) is 0 Å². The van der Waals surface area contributed by atoms with Gasteiger partial charge in [0.15, 0.2) is 0 Å². The average molecular weight is 386 g/mol. The minimum Gasteiger partial charge on any atom is -0.338 e. The zero-order chi connectivity index (χ0) is 19.8. The highest BCUT2D eigenvalue weighted by atomic mass is 32.2. The van der Waals surface area contributed by atoms with E-state index in [0.29, 0.717) is 0 Å². The number of carbonyl (C=O) groups is 2. The van der Waals surface area contributed by atoms with Gasteiger partial charge in [-0.1, -0.05) is 42.5 Å². The molecule has 0 radical (unpaired) electrons. The maximum atomic E-state index is 12.6. The van der Waals surface area contributed by atoms with Crippen molar-refractivity contribution in [2.24, 2.45) is 0 Å². The topological polar surface area (TPSA) is 52.7 Å². The maximum absolute atomic E-state index is 12.6. The highest BCUT2D eigenvalue weighted by Gasteiger charge is 2.19. The minimum atomic E-state index is -0.134. The predicted molar refractivity (Wildman–Crippen MR) is 112 cm³/mol. The lowest BCUT2D eigenvalue weighted by Crippen LogP contribution is -2.40. The fourth-order valence-electron chi connectivity index (χ4n) is 2.75. The number of thioether (sulfide) groups is 1. The van der Waals surface area contributed by atoms with Gasteiger partial charge in [0.2, 0.25) is 11.8 Å². The third-order valence-electron chi connectivity index (χ3n) is 4.46. The number of carbonyl (C=O) groups excluding carboxylic acids is 2. The van der Waals surface area contributed by atoms with E-state index in [1.165, 1.54) is 0 Å². The van der Waals surface area contributed by atoms with Crippen molar-refractivity contribution in [3.05, 3.63) is 60.2 Å². The summed E-state index contributed by atoms with van der Waals surface area (Å²) in [4.78, 5) is 29.3. The molecular weight excluding hydrogens is 358 g/mol. The van der Waals surface area contributed by atoms with E-state index in [1.807, 2.05) is 67.8 Å². The Labute approximate surface area is 165 Å². The predicted octanol–water partition coefficient (Wildman–Crippen LogP) is 3.50. The van der Waals surface area contributed by atoms with Gasteiger partial charge in [0, 0.05) is 11.9 Å². The van der Waals surface area contributed by atoms with Crippen LogP contribution in [0.25, 0.3) is 0 Å². The summed E-state index contributed by atoms with van der Waals surface area (Å²) < 4.78 is 0. The van der Waals surface area contributed by atoms with Crippen molar-refractivity contribution in [2.75, 3.05) is 38.8 Å². The van der Waals surface area contributed by atoms with Crippen LogP contribution in [0.1, 0.15) is 18.5 Å². The molecule has 5 nitrogen and oxygen atoms in total. The lowest BCUT2D eigenvalue weighted by molar-refractivity contribution is -0.133. The quantitative estimate of drug-likeness (QED) is 0.707. The Balaban J connectivity index is 1.87. The van der Waals surface area contributed by atoms with Crippen molar-refractivity contribution in [3.63, 3.8) is 0 Å². The van der Waals surface area contributed by atoms with E-state index in [0.717, 1.165) is 16.1 Å². The standard InChI is InChI=1S/C21H27N3O2S/c1-16(17-10-6-5-7-11-17)24(3)21(26)15-23(2)14-20(25)22-18-12-8-9-13-19(18)27-4/h5-13,16H,14-15H2,1-4H3,(H,22,25)/t16-/m0/s1. The number of para-hydroxylation sites is 1. The van der Waals surface area contributed by atoms with Crippen molar-refractivity contribution in [1.82, 2.24) is 9.80 Å². The third kappa shape index (κ3) is 6.12. The summed E-state index contributed by atoms with van der Waals surface area (Å²) in [6.07, 6.45) is 1.97. The fourth-order valence-corrected chi connectivity index (χ4v) is 3.31. The smallest absolute Gasteiger partial charge is 0.238 e. The van der Waals surface area contributed by atoms with E-state index in [9.17, 15) is 9.59 Å². The molecule has 0 spiro atoms. The molecule has 2 aromatic carbocycles. The number of hydrogen-bond donors (Lipinski definition) is 1. The monoisotopic (exact) mass is 385 g/mol. The zero-order valence-electron chi connectivity index (χ0n) is 16.3. The normalized spacial score (nSPS) is 11.9. The van der Waals surface area contributed by atoms with Gasteiger partial charge in [-0.3, -0.25) is 14.5 Å². The van der Waals surface area contributed by atoms with Gasteiger partial charge in [-0.15, -0.1) is 11.8 Å². The van der Waals surface area contributed by atoms with Crippen LogP contribution in [0.5, 0.6) is 0 Å². The number of nitrogens with zero attached hydrogens (tertiary/aromatic N) is 2. The van der Waals surface area contributed by atoms with Gasteiger partial charge in [0.25, 0.3) is 0 Å². The lowest BCUT2D eigenvalue weighted by atomic mass is 10.1.